The Morgan fingerprint density at radius 2 is 2.05 bits per heavy atom. The number of rotatable bonds is 2. The van der Waals surface area contributed by atoms with Crippen LogP contribution >= 0.6 is 27.3 Å². The standard InChI is InChI=1S/C15H12BrNOS/c1-2-11-7-8-12(16)5-3-9-17-15(18)14(11)13-6-4-10-19-13/h2-10H,1H2,(H,17,18). The second kappa shape index (κ2) is 6.50. The molecule has 0 aliphatic carbocycles. The van der Waals surface area contributed by atoms with Crippen LogP contribution in [0.2, 0.25) is 0 Å². The average molecular weight is 334 g/mol. The number of nitrogens with one attached hydrogen (secondary N) is 1. The highest BCUT2D eigenvalue weighted by Crippen LogP contribution is 2.24. The van der Waals surface area contributed by atoms with Crippen LogP contribution in [0.4, 0.5) is 0 Å². The summed E-state index contributed by atoms with van der Waals surface area (Å²) < 4.78 is 0.921. The van der Waals surface area contributed by atoms with Gasteiger partial charge in [0, 0.05) is 15.5 Å². The van der Waals surface area contributed by atoms with E-state index in [0.29, 0.717) is 5.56 Å². The van der Waals surface area contributed by atoms with E-state index in [1.165, 1.54) is 11.3 Å². The molecule has 0 spiro atoms. The molecule has 2 aromatic rings. The normalized spacial score (nSPS) is 9.74. The van der Waals surface area contributed by atoms with Crippen LogP contribution in [0.3, 0.4) is 0 Å². The van der Waals surface area contributed by atoms with E-state index >= 15 is 0 Å². The predicted molar refractivity (Wildman–Crippen MR) is 85.8 cm³/mol. The van der Waals surface area contributed by atoms with Crippen molar-refractivity contribution in [3.63, 3.8) is 0 Å². The number of hydrogen-bond acceptors (Lipinski definition) is 2. The predicted octanol–water partition coefficient (Wildman–Crippen LogP) is 4.63. The van der Waals surface area contributed by atoms with Gasteiger partial charge < -0.3 is 4.98 Å². The van der Waals surface area contributed by atoms with Gasteiger partial charge in [0.05, 0.1) is 5.56 Å². The second-order valence-electron chi connectivity index (χ2n) is 3.73. The summed E-state index contributed by atoms with van der Waals surface area (Å²) in [5, 5.41) is 1.95. The molecule has 96 valence electrons. The highest BCUT2D eigenvalue weighted by Gasteiger charge is 2.06. The van der Waals surface area contributed by atoms with Crippen molar-refractivity contribution in [1.82, 2.24) is 4.98 Å². The minimum absolute atomic E-state index is 0.135. The third-order valence-corrected chi connectivity index (χ3v) is 3.91. The lowest BCUT2D eigenvalue weighted by atomic mass is 10.1. The van der Waals surface area contributed by atoms with E-state index in [0.717, 1.165) is 14.9 Å². The van der Waals surface area contributed by atoms with Crippen LogP contribution in [0.5, 0.6) is 0 Å². The molecule has 0 aliphatic rings. The second-order valence-corrected chi connectivity index (χ2v) is 5.59. The molecule has 2 heterocycles. The fraction of sp³-hybridized carbons (Fsp3) is 0. The van der Waals surface area contributed by atoms with Crippen LogP contribution in [-0.4, -0.2) is 4.98 Å². The number of hydrogen-bond donors (Lipinski definition) is 1. The van der Waals surface area contributed by atoms with Gasteiger partial charge in [-0.2, -0.15) is 0 Å². The lowest BCUT2D eigenvalue weighted by Crippen LogP contribution is -2.06. The van der Waals surface area contributed by atoms with Crippen LogP contribution in [0.15, 0.2) is 63.8 Å². The van der Waals surface area contributed by atoms with Crippen molar-refractivity contribution in [3.8, 4) is 10.4 Å². The van der Waals surface area contributed by atoms with Gasteiger partial charge in [-0.1, -0.05) is 40.7 Å². The smallest absolute Gasteiger partial charge is 0.257 e. The van der Waals surface area contributed by atoms with Crippen molar-refractivity contribution in [1.29, 1.82) is 0 Å². The molecule has 0 fully saturated rings. The third kappa shape index (κ3) is 3.43. The molecule has 0 bridgehead atoms. The van der Waals surface area contributed by atoms with Crippen molar-refractivity contribution in [3.05, 3.63) is 74.9 Å². The maximum Gasteiger partial charge on any atom is 0.257 e. The summed E-state index contributed by atoms with van der Waals surface area (Å²) in [6.07, 6.45) is 3.31. The number of halogens is 1. The number of H-pyrrole nitrogens is 1. The van der Waals surface area contributed by atoms with Crippen molar-refractivity contribution >= 4 is 33.3 Å². The molecule has 19 heavy (non-hydrogen) atoms. The lowest BCUT2D eigenvalue weighted by Gasteiger charge is -1.99. The van der Waals surface area contributed by atoms with Gasteiger partial charge in [-0.15, -0.1) is 11.3 Å². The molecule has 0 amide bonds. The van der Waals surface area contributed by atoms with Gasteiger partial charge >= 0.3 is 0 Å². The first-order valence-corrected chi connectivity index (χ1v) is 7.31. The lowest BCUT2D eigenvalue weighted by molar-refractivity contribution is 1.26. The van der Waals surface area contributed by atoms with Crippen molar-refractivity contribution in [2.24, 2.45) is 0 Å². The Balaban J connectivity index is 2.86. The van der Waals surface area contributed by atoms with E-state index in [4.69, 9.17) is 0 Å². The molecule has 0 aromatic carbocycles. The Labute approximate surface area is 123 Å². The zero-order chi connectivity index (χ0) is 13.7. The van der Waals surface area contributed by atoms with Crippen LogP contribution < -0.4 is 5.56 Å². The molecule has 2 rings (SSSR count). The molecule has 0 aliphatic heterocycles. The minimum Gasteiger partial charge on any atom is -0.329 e. The van der Waals surface area contributed by atoms with Crippen LogP contribution in [-0.2, 0) is 0 Å². The quantitative estimate of drug-likeness (QED) is 0.853. The molecule has 4 heteroatoms. The number of aromatic amines is 1. The van der Waals surface area contributed by atoms with E-state index in [1.807, 2.05) is 35.7 Å². The molecule has 0 radical (unpaired) electrons. The van der Waals surface area contributed by atoms with Crippen LogP contribution in [0.25, 0.3) is 16.5 Å². The zero-order valence-electron chi connectivity index (χ0n) is 10.1. The van der Waals surface area contributed by atoms with E-state index in [9.17, 15) is 4.79 Å². The van der Waals surface area contributed by atoms with Gasteiger partial charge in [-0.05, 0) is 35.2 Å². The van der Waals surface area contributed by atoms with Crippen molar-refractivity contribution < 1.29 is 0 Å². The first-order valence-electron chi connectivity index (χ1n) is 5.64. The molecule has 0 unspecified atom stereocenters. The van der Waals surface area contributed by atoms with Gasteiger partial charge in [0.25, 0.3) is 5.56 Å². The summed E-state index contributed by atoms with van der Waals surface area (Å²) in [6.45, 7) is 3.79. The first kappa shape index (κ1) is 13.8. The van der Waals surface area contributed by atoms with Gasteiger partial charge in [-0.3, -0.25) is 4.79 Å². The summed E-state index contributed by atoms with van der Waals surface area (Å²) >= 11 is 4.96. The van der Waals surface area contributed by atoms with Crippen LogP contribution in [0.1, 0.15) is 5.56 Å². The van der Waals surface area contributed by atoms with E-state index in [-0.39, 0.29) is 5.56 Å². The summed E-state index contributed by atoms with van der Waals surface area (Å²) in [7, 11) is 0. The SMILES string of the molecule is C=Cc1ccc(Br)ccc[nH]c(=O)c1-c1cccs1. The molecular formula is C15H12BrNOS. The van der Waals surface area contributed by atoms with Crippen molar-refractivity contribution in [2.45, 2.75) is 0 Å². The van der Waals surface area contributed by atoms with Crippen molar-refractivity contribution in [2.75, 3.05) is 0 Å². The topological polar surface area (TPSA) is 32.9 Å². The molecule has 0 atom stereocenters. The van der Waals surface area contributed by atoms with E-state index < -0.39 is 0 Å². The molecular weight excluding hydrogens is 322 g/mol. The molecule has 0 saturated heterocycles. The first-order chi connectivity index (χ1) is 9.22. The number of aromatic nitrogens is 1. The van der Waals surface area contributed by atoms with Gasteiger partial charge in [0.1, 0.15) is 0 Å². The number of thiophene rings is 1. The monoisotopic (exact) mass is 333 g/mol. The summed E-state index contributed by atoms with van der Waals surface area (Å²) in [4.78, 5) is 15.9. The Morgan fingerprint density at radius 3 is 2.74 bits per heavy atom. The van der Waals surface area contributed by atoms with Gasteiger partial charge in [0.15, 0.2) is 0 Å². The molecule has 1 N–H and O–H groups in total. The van der Waals surface area contributed by atoms with Gasteiger partial charge in [0.2, 0.25) is 0 Å². The Morgan fingerprint density at radius 1 is 1.21 bits per heavy atom. The minimum atomic E-state index is -0.135. The fourth-order valence-corrected chi connectivity index (χ4v) is 2.69. The Bertz CT molecular complexity index is 688. The maximum absolute atomic E-state index is 12.3. The van der Waals surface area contributed by atoms with E-state index in [2.05, 4.69) is 27.5 Å². The zero-order valence-corrected chi connectivity index (χ0v) is 12.5. The molecule has 0 saturated carbocycles. The molecule has 2 nitrogen and oxygen atoms in total. The largest absolute Gasteiger partial charge is 0.329 e. The maximum atomic E-state index is 12.3. The Kier molecular flexibility index (Phi) is 4.71. The van der Waals surface area contributed by atoms with Gasteiger partial charge in [-0.25, -0.2) is 0 Å². The third-order valence-electron chi connectivity index (χ3n) is 2.49. The average Bonchev–Trinajstić information content (AvgIpc) is 2.92. The Hall–Kier alpha value is -1.65. The van der Waals surface area contributed by atoms with Crippen LogP contribution in [0, 0.1) is 0 Å². The highest BCUT2D eigenvalue weighted by atomic mass is 79.9. The summed E-state index contributed by atoms with van der Waals surface area (Å²) in [6, 6.07) is 11.3. The fourth-order valence-electron chi connectivity index (χ4n) is 1.62. The molecule has 2 aromatic heterocycles. The summed E-state index contributed by atoms with van der Waals surface area (Å²) in [5.74, 6) is 0. The highest BCUT2D eigenvalue weighted by molar-refractivity contribution is 9.10. The summed E-state index contributed by atoms with van der Waals surface area (Å²) in [5.41, 5.74) is 1.29. The van der Waals surface area contributed by atoms with E-state index in [1.54, 1.807) is 18.3 Å².